The molecule has 3 amide bonds. The van der Waals surface area contributed by atoms with Crippen LogP contribution in [-0.4, -0.2) is 48.9 Å². The second-order valence-corrected chi connectivity index (χ2v) is 5.38. The largest absolute Gasteiger partial charge is 0.503 e. The van der Waals surface area contributed by atoms with E-state index in [1.165, 1.54) is 12.1 Å². The molecule has 0 spiro atoms. The number of hydrogen-bond donors (Lipinski definition) is 3. The van der Waals surface area contributed by atoms with Gasteiger partial charge in [0.05, 0.1) is 14.2 Å². The van der Waals surface area contributed by atoms with E-state index in [1.54, 1.807) is 19.1 Å². The average Bonchev–Trinajstić information content (AvgIpc) is 2.82. The fourth-order valence-electron chi connectivity index (χ4n) is 2.69. The topological polar surface area (TPSA) is 148 Å². The minimum atomic E-state index is -2.52. The molecule has 1 atom stereocenters. The van der Waals surface area contributed by atoms with Crippen LogP contribution < -0.4 is 16.0 Å². The normalized spacial score (nSPS) is 19.3. The van der Waals surface area contributed by atoms with Crippen molar-refractivity contribution in [3.63, 3.8) is 0 Å². The minimum absolute atomic E-state index is 0.102. The number of aliphatic hydroxyl groups is 1. The molecule has 10 nitrogen and oxygen atoms in total. The van der Waals surface area contributed by atoms with E-state index in [0.717, 1.165) is 19.8 Å². The van der Waals surface area contributed by atoms with E-state index in [1.807, 2.05) is 5.32 Å². The quantitative estimate of drug-likeness (QED) is 0.631. The second kappa shape index (κ2) is 6.75. The summed E-state index contributed by atoms with van der Waals surface area (Å²) < 4.78 is 9.23. The number of rotatable bonds is 4. The molecular formula is C16H17N3O7. The number of ether oxygens (including phenoxy) is 2. The fraction of sp³-hybridized carbons (Fsp3) is 0.250. The number of nitrogens with one attached hydrogen (secondary N) is 1. The van der Waals surface area contributed by atoms with Gasteiger partial charge in [-0.1, -0.05) is 17.7 Å². The van der Waals surface area contributed by atoms with Crippen molar-refractivity contribution in [3.8, 4) is 0 Å². The number of benzene rings is 1. The lowest BCUT2D eigenvalue weighted by molar-refractivity contribution is -0.149. The number of aryl methyl sites for hydroxylation is 1. The Labute approximate surface area is 148 Å². The van der Waals surface area contributed by atoms with E-state index < -0.39 is 40.9 Å². The van der Waals surface area contributed by atoms with Crippen molar-refractivity contribution in [2.75, 3.05) is 19.1 Å². The smallest absolute Gasteiger partial charge is 0.358 e. The van der Waals surface area contributed by atoms with Crippen molar-refractivity contribution in [2.45, 2.75) is 12.6 Å². The Kier molecular flexibility index (Phi) is 4.87. The molecule has 4 N–H and O–H groups in total. The summed E-state index contributed by atoms with van der Waals surface area (Å²) >= 11 is 0. The molecule has 1 aliphatic heterocycles. The van der Waals surface area contributed by atoms with Crippen molar-refractivity contribution in [1.82, 2.24) is 5.32 Å². The number of carbonyl (C=O) groups excluding carboxylic acids is 4. The Morgan fingerprint density at radius 1 is 1.15 bits per heavy atom. The van der Waals surface area contributed by atoms with Crippen LogP contribution in [0.5, 0.6) is 0 Å². The first-order valence-corrected chi connectivity index (χ1v) is 7.30. The van der Waals surface area contributed by atoms with Gasteiger partial charge in [-0.05, 0) is 19.1 Å². The summed E-state index contributed by atoms with van der Waals surface area (Å²) in [6.45, 7) is 1.79. The van der Waals surface area contributed by atoms with Crippen LogP contribution in [0.1, 0.15) is 5.56 Å². The Bertz CT molecular complexity index is 816. The van der Waals surface area contributed by atoms with Crippen LogP contribution in [0.3, 0.4) is 0 Å². The molecule has 10 heteroatoms. The van der Waals surface area contributed by atoms with Crippen LogP contribution in [0.2, 0.25) is 0 Å². The lowest BCUT2D eigenvalue weighted by Gasteiger charge is -2.36. The van der Waals surface area contributed by atoms with Crippen LogP contribution in [-0.2, 0) is 23.9 Å². The highest BCUT2D eigenvalue weighted by atomic mass is 16.5. The highest BCUT2D eigenvalue weighted by molar-refractivity contribution is 6.22. The summed E-state index contributed by atoms with van der Waals surface area (Å²) in [5.74, 6) is -4.63. The molecule has 1 aromatic rings. The van der Waals surface area contributed by atoms with Gasteiger partial charge in [0.1, 0.15) is 5.57 Å². The minimum Gasteiger partial charge on any atom is -0.503 e. The van der Waals surface area contributed by atoms with Gasteiger partial charge in [0.2, 0.25) is 0 Å². The number of nitrogens with two attached hydrogens (primary N) is 1. The second-order valence-electron chi connectivity index (χ2n) is 5.38. The van der Waals surface area contributed by atoms with E-state index in [4.69, 9.17) is 5.73 Å². The predicted molar refractivity (Wildman–Crippen MR) is 87.8 cm³/mol. The van der Waals surface area contributed by atoms with Crippen LogP contribution >= 0.6 is 0 Å². The van der Waals surface area contributed by atoms with Crippen LogP contribution in [0.25, 0.3) is 0 Å². The predicted octanol–water partition coefficient (Wildman–Crippen LogP) is -0.136. The van der Waals surface area contributed by atoms with E-state index >= 15 is 0 Å². The summed E-state index contributed by atoms with van der Waals surface area (Å²) in [6.07, 6.45) is 0. The van der Waals surface area contributed by atoms with Crippen molar-refractivity contribution in [3.05, 3.63) is 41.2 Å². The Hall–Kier alpha value is -3.56. The highest BCUT2D eigenvalue weighted by Crippen LogP contribution is 2.38. The van der Waals surface area contributed by atoms with E-state index in [9.17, 15) is 24.3 Å². The number of primary amides is 1. The Balaban J connectivity index is 2.82. The summed E-state index contributed by atoms with van der Waals surface area (Å²) in [6, 6.07) is 4.93. The van der Waals surface area contributed by atoms with Gasteiger partial charge >= 0.3 is 18.0 Å². The van der Waals surface area contributed by atoms with E-state index in [2.05, 4.69) is 9.47 Å². The van der Waals surface area contributed by atoms with Crippen LogP contribution in [0, 0.1) is 6.92 Å². The van der Waals surface area contributed by atoms with Gasteiger partial charge in [-0.2, -0.15) is 0 Å². The first kappa shape index (κ1) is 18.8. The number of aliphatic hydroxyl groups excluding tert-OH is 1. The number of hydrogen-bond acceptors (Lipinski definition) is 7. The van der Waals surface area contributed by atoms with Gasteiger partial charge in [-0.15, -0.1) is 0 Å². The van der Waals surface area contributed by atoms with Crippen molar-refractivity contribution in [2.24, 2.45) is 5.73 Å². The molecule has 0 aromatic heterocycles. The Morgan fingerprint density at radius 2 is 1.73 bits per heavy atom. The number of amides is 3. The third-order valence-electron chi connectivity index (χ3n) is 3.81. The van der Waals surface area contributed by atoms with Gasteiger partial charge in [0.15, 0.2) is 5.76 Å². The fourth-order valence-corrected chi connectivity index (χ4v) is 2.69. The third kappa shape index (κ3) is 2.70. The average molecular weight is 363 g/mol. The van der Waals surface area contributed by atoms with Gasteiger partial charge in [0.25, 0.3) is 11.6 Å². The lowest BCUT2D eigenvalue weighted by atomic mass is 9.99. The highest BCUT2D eigenvalue weighted by Gasteiger charge is 2.63. The standard InChI is InChI=1S/C16H17N3O7/c1-8-4-6-9(7-5-8)19-12(21)11(20)10(13(22)25-2)16(19,14(23)26-3)18-15(17)24/h4-7,20H,1-3H3,(H3,17,18,24). The first-order valence-electron chi connectivity index (χ1n) is 7.30. The monoisotopic (exact) mass is 363 g/mol. The molecule has 138 valence electrons. The maximum Gasteiger partial charge on any atom is 0.358 e. The van der Waals surface area contributed by atoms with Crippen LogP contribution in [0.4, 0.5) is 10.5 Å². The number of esters is 2. The van der Waals surface area contributed by atoms with Crippen molar-refractivity contribution in [1.29, 1.82) is 0 Å². The molecular weight excluding hydrogens is 346 g/mol. The summed E-state index contributed by atoms with van der Waals surface area (Å²) in [5.41, 5.74) is 2.77. The Morgan fingerprint density at radius 3 is 2.19 bits per heavy atom. The van der Waals surface area contributed by atoms with Crippen LogP contribution in [0.15, 0.2) is 35.6 Å². The SMILES string of the molecule is COC(=O)C1=C(O)C(=O)N(c2ccc(C)cc2)C1(NC(N)=O)C(=O)OC. The van der Waals surface area contributed by atoms with Gasteiger partial charge in [-0.25, -0.2) is 14.4 Å². The third-order valence-corrected chi connectivity index (χ3v) is 3.81. The molecule has 0 fully saturated rings. The molecule has 0 radical (unpaired) electrons. The lowest BCUT2D eigenvalue weighted by Crippen LogP contribution is -2.67. The first-order chi connectivity index (χ1) is 12.2. The molecule has 0 saturated heterocycles. The molecule has 1 unspecified atom stereocenters. The van der Waals surface area contributed by atoms with Gasteiger partial charge in [0, 0.05) is 5.69 Å². The number of carbonyl (C=O) groups is 4. The molecule has 1 aliphatic rings. The number of urea groups is 1. The van der Waals surface area contributed by atoms with Crippen molar-refractivity contribution >= 4 is 29.6 Å². The molecule has 0 saturated carbocycles. The summed E-state index contributed by atoms with van der Waals surface area (Å²) in [7, 11) is 1.96. The summed E-state index contributed by atoms with van der Waals surface area (Å²) in [4.78, 5) is 49.8. The molecule has 26 heavy (non-hydrogen) atoms. The maximum atomic E-state index is 12.6. The zero-order valence-electron chi connectivity index (χ0n) is 14.2. The van der Waals surface area contributed by atoms with E-state index in [0.29, 0.717) is 4.90 Å². The molecule has 2 rings (SSSR count). The summed E-state index contributed by atoms with van der Waals surface area (Å²) in [5, 5.41) is 12.3. The number of anilines is 1. The van der Waals surface area contributed by atoms with E-state index in [-0.39, 0.29) is 5.69 Å². The number of methoxy groups -OCH3 is 2. The zero-order valence-corrected chi connectivity index (χ0v) is 14.2. The van der Waals surface area contributed by atoms with Gasteiger partial charge in [-0.3, -0.25) is 9.69 Å². The number of nitrogens with zero attached hydrogens (tertiary/aromatic N) is 1. The van der Waals surface area contributed by atoms with Gasteiger partial charge < -0.3 is 25.6 Å². The maximum absolute atomic E-state index is 12.6. The molecule has 1 heterocycles. The van der Waals surface area contributed by atoms with Crippen molar-refractivity contribution < 1.29 is 33.8 Å². The zero-order chi connectivity index (χ0) is 19.6. The molecule has 0 aliphatic carbocycles. The molecule has 1 aromatic carbocycles. The molecule has 0 bridgehead atoms.